The number of nitrogens with zero attached hydrogens (tertiary/aromatic N) is 1. The molecule has 0 radical (unpaired) electrons. The fraction of sp³-hybridized carbons (Fsp3) is 0.727. The van der Waals surface area contributed by atoms with E-state index in [0.717, 1.165) is 24.0 Å². The highest BCUT2D eigenvalue weighted by molar-refractivity contribution is 5.86. The molecule has 0 aliphatic rings. The summed E-state index contributed by atoms with van der Waals surface area (Å²) in [6, 6.07) is 0. The number of carbonyl (C=O) groups excluding carboxylic acids is 1. The topological polar surface area (TPSA) is 26.3 Å². The lowest BCUT2D eigenvalue weighted by Crippen LogP contribution is -2.43. The standard InChI is InChI=1S/C11H22NO2/c1-6-7-12(4,5)8-9-14-11(13)10(2)3/h2,6-9H2,1,3-5H3/q+1. The molecule has 0 N–H and O–H groups in total. The maximum atomic E-state index is 11.1. The molecular formula is C11H22NO2+. The van der Waals surface area contributed by atoms with E-state index in [1.165, 1.54) is 0 Å². The number of rotatable bonds is 6. The van der Waals surface area contributed by atoms with E-state index in [9.17, 15) is 4.79 Å². The van der Waals surface area contributed by atoms with Gasteiger partial charge in [-0.1, -0.05) is 13.5 Å². The average Bonchev–Trinajstić information content (AvgIpc) is 2.03. The van der Waals surface area contributed by atoms with Crippen LogP contribution in [0.4, 0.5) is 0 Å². The predicted molar refractivity (Wildman–Crippen MR) is 57.9 cm³/mol. The molecular weight excluding hydrogens is 178 g/mol. The largest absolute Gasteiger partial charge is 0.456 e. The number of ether oxygens (including phenoxy) is 1. The lowest BCUT2D eigenvalue weighted by atomic mass is 10.3. The Kier molecular flexibility index (Phi) is 5.46. The molecule has 0 aromatic carbocycles. The summed E-state index contributed by atoms with van der Waals surface area (Å²) in [5.41, 5.74) is 0.464. The first-order valence-electron chi connectivity index (χ1n) is 5.03. The summed E-state index contributed by atoms with van der Waals surface area (Å²) in [5.74, 6) is -0.290. The maximum Gasteiger partial charge on any atom is 0.333 e. The highest BCUT2D eigenvalue weighted by Crippen LogP contribution is 2.00. The van der Waals surface area contributed by atoms with Crippen LogP contribution in [0.2, 0.25) is 0 Å². The summed E-state index contributed by atoms with van der Waals surface area (Å²) >= 11 is 0. The van der Waals surface area contributed by atoms with Crippen molar-refractivity contribution < 1.29 is 14.0 Å². The fourth-order valence-corrected chi connectivity index (χ4v) is 1.23. The van der Waals surface area contributed by atoms with Gasteiger partial charge in [0.2, 0.25) is 0 Å². The minimum absolute atomic E-state index is 0.290. The summed E-state index contributed by atoms with van der Waals surface area (Å²) in [5, 5.41) is 0. The smallest absolute Gasteiger partial charge is 0.333 e. The first-order valence-corrected chi connectivity index (χ1v) is 5.03. The van der Waals surface area contributed by atoms with Gasteiger partial charge in [0, 0.05) is 5.57 Å². The van der Waals surface area contributed by atoms with Gasteiger partial charge in [0.05, 0.1) is 20.6 Å². The zero-order valence-electron chi connectivity index (χ0n) is 9.80. The van der Waals surface area contributed by atoms with Crippen molar-refractivity contribution in [2.45, 2.75) is 20.3 Å². The first-order chi connectivity index (χ1) is 6.39. The van der Waals surface area contributed by atoms with Crippen molar-refractivity contribution in [3.63, 3.8) is 0 Å². The van der Waals surface area contributed by atoms with E-state index in [0.29, 0.717) is 12.2 Å². The summed E-state index contributed by atoms with van der Waals surface area (Å²) in [7, 11) is 4.27. The molecule has 3 heteroatoms. The highest BCUT2D eigenvalue weighted by Gasteiger charge is 2.14. The Hall–Kier alpha value is -0.830. The second kappa shape index (κ2) is 5.81. The van der Waals surface area contributed by atoms with Gasteiger partial charge in [0.1, 0.15) is 13.2 Å². The van der Waals surface area contributed by atoms with Gasteiger partial charge in [-0.2, -0.15) is 0 Å². The average molecular weight is 200 g/mol. The van der Waals surface area contributed by atoms with Gasteiger partial charge in [0.25, 0.3) is 0 Å². The van der Waals surface area contributed by atoms with E-state index in [4.69, 9.17) is 4.74 Å². The molecule has 0 atom stereocenters. The van der Waals surface area contributed by atoms with Gasteiger partial charge in [-0.05, 0) is 13.3 Å². The molecule has 0 fully saturated rings. The molecule has 3 nitrogen and oxygen atoms in total. The van der Waals surface area contributed by atoms with Crippen LogP contribution in [-0.2, 0) is 9.53 Å². The molecule has 0 spiro atoms. The van der Waals surface area contributed by atoms with Crippen LogP contribution in [0.3, 0.4) is 0 Å². The van der Waals surface area contributed by atoms with Crippen molar-refractivity contribution >= 4 is 5.97 Å². The molecule has 14 heavy (non-hydrogen) atoms. The molecule has 0 aliphatic heterocycles. The number of likely N-dealkylation sites (N-methyl/N-ethyl adjacent to an activating group) is 1. The highest BCUT2D eigenvalue weighted by atomic mass is 16.5. The summed E-state index contributed by atoms with van der Waals surface area (Å²) in [4.78, 5) is 11.1. The Morgan fingerprint density at radius 1 is 1.36 bits per heavy atom. The van der Waals surface area contributed by atoms with Crippen LogP contribution in [0.25, 0.3) is 0 Å². The van der Waals surface area contributed by atoms with Crippen LogP contribution in [0, 0.1) is 0 Å². The van der Waals surface area contributed by atoms with Gasteiger partial charge in [-0.25, -0.2) is 4.79 Å². The van der Waals surface area contributed by atoms with Crippen LogP contribution in [0.1, 0.15) is 20.3 Å². The van der Waals surface area contributed by atoms with Crippen LogP contribution in [0.5, 0.6) is 0 Å². The number of hydrogen-bond acceptors (Lipinski definition) is 2. The number of esters is 1. The Morgan fingerprint density at radius 2 is 1.93 bits per heavy atom. The van der Waals surface area contributed by atoms with Gasteiger partial charge < -0.3 is 9.22 Å². The Morgan fingerprint density at radius 3 is 2.36 bits per heavy atom. The van der Waals surface area contributed by atoms with Crippen molar-refractivity contribution in [3.05, 3.63) is 12.2 Å². The molecule has 0 saturated heterocycles. The molecule has 82 valence electrons. The fourth-order valence-electron chi connectivity index (χ4n) is 1.23. The Labute approximate surface area is 86.9 Å². The number of hydrogen-bond donors (Lipinski definition) is 0. The molecule has 0 heterocycles. The quantitative estimate of drug-likeness (QED) is 0.370. The third-order valence-corrected chi connectivity index (χ3v) is 2.11. The number of carbonyl (C=O) groups is 1. The van der Waals surface area contributed by atoms with E-state index in [2.05, 4.69) is 27.6 Å². The minimum atomic E-state index is -0.290. The number of quaternary nitrogens is 1. The summed E-state index contributed by atoms with van der Waals surface area (Å²) in [6.07, 6.45) is 1.14. The molecule has 0 aromatic rings. The molecule has 0 rings (SSSR count). The van der Waals surface area contributed by atoms with E-state index >= 15 is 0 Å². The SMILES string of the molecule is C=C(C)C(=O)OCC[N+](C)(C)CCC. The third-order valence-electron chi connectivity index (χ3n) is 2.11. The molecule has 0 bridgehead atoms. The monoisotopic (exact) mass is 200 g/mol. The van der Waals surface area contributed by atoms with Gasteiger partial charge in [-0.3, -0.25) is 0 Å². The van der Waals surface area contributed by atoms with E-state index in [1.807, 2.05) is 0 Å². The Bertz CT molecular complexity index is 209. The van der Waals surface area contributed by atoms with Crippen molar-refractivity contribution in [1.29, 1.82) is 0 Å². The van der Waals surface area contributed by atoms with E-state index in [1.54, 1.807) is 6.92 Å². The zero-order valence-corrected chi connectivity index (χ0v) is 9.80. The van der Waals surface area contributed by atoms with Gasteiger partial charge >= 0.3 is 5.97 Å². The molecule has 0 aliphatic carbocycles. The molecule has 0 saturated carbocycles. The second-order valence-corrected chi connectivity index (χ2v) is 4.30. The molecule has 0 unspecified atom stereocenters. The third kappa shape index (κ3) is 5.75. The van der Waals surface area contributed by atoms with Crippen LogP contribution < -0.4 is 0 Å². The van der Waals surface area contributed by atoms with Crippen molar-refractivity contribution in [3.8, 4) is 0 Å². The van der Waals surface area contributed by atoms with Crippen LogP contribution in [0.15, 0.2) is 12.2 Å². The minimum Gasteiger partial charge on any atom is -0.456 e. The molecule has 0 aromatic heterocycles. The van der Waals surface area contributed by atoms with Gasteiger partial charge in [-0.15, -0.1) is 0 Å². The van der Waals surface area contributed by atoms with Crippen LogP contribution in [-0.4, -0.2) is 44.2 Å². The van der Waals surface area contributed by atoms with Crippen LogP contribution >= 0.6 is 0 Å². The van der Waals surface area contributed by atoms with Crippen molar-refractivity contribution in [2.24, 2.45) is 0 Å². The van der Waals surface area contributed by atoms with E-state index in [-0.39, 0.29) is 5.97 Å². The second-order valence-electron chi connectivity index (χ2n) is 4.30. The zero-order chi connectivity index (χ0) is 11.2. The maximum absolute atomic E-state index is 11.1. The lowest BCUT2D eigenvalue weighted by Gasteiger charge is -2.28. The van der Waals surface area contributed by atoms with Crippen molar-refractivity contribution in [2.75, 3.05) is 33.8 Å². The summed E-state index contributed by atoms with van der Waals surface area (Å²) < 4.78 is 5.92. The van der Waals surface area contributed by atoms with Gasteiger partial charge in [0.15, 0.2) is 0 Å². The first kappa shape index (κ1) is 13.2. The lowest BCUT2D eigenvalue weighted by molar-refractivity contribution is -0.890. The van der Waals surface area contributed by atoms with E-state index < -0.39 is 0 Å². The molecule has 0 amide bonds. The van der Waals surface area contributed by atoms with Crippen molar-refractivity contribution in [1.82, 2.24) is 0 Å². The summed E-state index contributed by atoms with van der Waals surface area (Å²) in [6.45, 7) is 9.77. The predicted octanol–water partition coefficient (Wildman–Crippen LogP) is 1.59. The Balaban J connectivity index is 3.73. The normalized spacial score (nSPS) is 11.1.